The summed E-state index contributed by atoms with van der Waals surface area (Å²) in [7, 11) is 0. The van der Waals surface area contributed by atoms with Crippen molar-refractivity contribution >= 4 is 5.97 Å². The molecule has 1 rings (SSSR count). The Morgan fingerprint density at radius 2 is 1.85 bits per heavy atom. The monoisotopic (exact) mass is 374 g/mol. The van der Waals surface area contributed by atoms with Crippen LogP contribution in [-0.2, 0) is 4.79 Å². The van der Waals surface area contributed by atoms with E-state index in [0.717, 1.165) is 12.0 Å². The lowest BCUT2D eigenvalue weighted by molar-refractivity contribution is -0.137. The molecule has 0 aromatic heterocycles. The van der Waals surface area contributed by atoms with Gasteiger partial charge in [-0.3, -0.25) is 4.79 Å². The van der Waals surface area contributed by atoms with E-state index in [-0.39, 0.29) is 6.61 Å². The molecule has 1 aliphatic rings. The number of rotatable bonds is 7. The van der Waals surface area contributed by atoms with Gasteiger partial charge >= 0.3 is 5.97 Å². The number of hydrogen-bond donors (Lipinski definition) is 2. The zero-order valence-electron chi connectivity index (χ0n) is 18.0. The van der Waals surface area contributed by atoms with E-state index in [0.29, 0.717) is 11.8 Å². The average molecular weight is 375 g/mol. The largest absolute Gasteiger partial charge is 0.481 e. The van der Waals surface area contributed by atoms with E-state index in [1.807, 2.05) is 26.0 Å². The minimum absolute atomic E-state index is 0.0985. The molecule has 3 heteroatoms. The number of carboxylic acid groups (broad SMARTS) is 1. The zero-order valence-corrected chi connectivity index (χ0v) is 18.0. The van der Waals surface area contributed by atoms with Crippen molar-refractivity contribution in [1.29, 1.82) is 0 Å². The predicted molar refractivity (Wildman–Crippen MR) is 116 cm³/mol. The van der Waals surface area contributed by atoms with Crippen molar-refractivity contribution in [3.05, 3.63) is 58.7 Å². The summed E-state index contributed by atoms with van der Waals surface area (Å²) in [5, 5.41) is 16.7. The van der Waals surface area contributed by atoms with Crippen LogP contribution < -0.4 is 0 Å². The molecule has 0 saturated carbocycles. The van der Waals surface area contributed by atoms with Crippen molar-refractivity contribution in [1.82, 2.24) is 0 Å². The highest BCUT2D eigenvalue weighted by Crippen LogP contribution is 2.40. The van der Waals surface area contributed by atoms with Gasteiger partial charge in [-0.2, -0.15) is 0 Å². The maximum Gasteiger partial charge on any atom is 0.303 e. The summed E-state index contributed by atoms with van der Waals surface area (Å²) in [4.78, 5) is 9.60. The van der Waals surface area contributed by atoms with E-state index >= 15 is 0 Å². The molecule has 0 amide bonds. The van der Waals surface area contributed by atoms with Gasteiger partial charge in [0.05, 0.1) is 6.61 Å². The Bertz CT molecular complexity index is 614. The molecular formula is C24H38O3. The van der Waals surface area contributed by atoms with Crippen LogP contribution in [0.3, 0.4) is 0 Å². The van der Waals surface area contributed by atoms with Crippen LogP contribution in [0.2, 0.25) is 0 Å². The second kappa shape index (κ2) is 13.3. The van der Waals surface area contributed by atoms with Crippen LogP contribution in [0.4, 0.5) is 0 Å². The summed E-state index contributed by atoms with van der Waals surface area (Å²) in [5.41, 5.74) is 5.66. The van der Waals surface area contributed by atoms with Crippen LogP contribution in [0.1, 0.15) is 73.6 Å². The summed E-state index contributed by atoms with van der Waals surface area (Å²) in [5.74, 6) is -0.711. The van der Waals surface area contributed by atoms with E-state index in [2.05, 4.69) is 45.9 Å². The molecule has 152 valence electrons. The number of hydrogen-bond acceptors (Lipinski definition) is 2. The molecule has 0 aromatic rings. The lowest BCUT2D eigenvalue weighted by Gasteiger charge is -2.32. The van der Waals surface area contributed by atoms with Gasteiger partial charge in [-0.15, -0.1) is 0 Å². The highest BCUT2D eigenvalue weighted by Gasteiger charge is 2.26. The second-order valence-electron chi connectivity index (χ2n) is 7.81. The normalized spacial score (nSPS) is 18.0. The first-order valence-electron chi connectivity index (χ1n) is 9.86. The molecule has 0 radical (unpaired) electrons. The quantitative estimate of drug-likeness (QED) is 0.508. The van der Waals surface area contributed by atoms with Gasteiger partial charge in [-0.1, -0.05) is 73.9 Å². The van der Waals surface area contributed by atoms with Crippen LogP contribution in [0.5, 0.6) is 0 Å². The third kappa shape index (κ3) is 11.4. The fourth-order valence-corrected chi connectivity index (χ4v) is 3.06. The highest BCUT2D eigenvalue weighted by atomic mass is 16.4. The van der Waals surface area contributed by atoms with Crippen molar-refractivity contribution in [2.24, 2.45) is 5.41 Å². The summed E-state index contributed by atoms with van der Waals surface area (Å²) in [6, 6.07) is 0. The topological polar surface area (TPSA) is 57.5 Å². The van der Waals surface area contributed by atoms with Gasteiger partial charge < -0.3 is 10.2 Å². The molecule has 0 bridgehead atoms. The minimum Gasteiger partial charge on any atom is -0.481 e. The summed E-state index contributed by atoms with van der Waals surface area (Å²) in [6.45, 7) is 13.0. The molecule has 27 heavy (non-hydrogen) atoms. The Morgan fingerprint density at radius 1 is 1.19 bits per heavy atom. The SMILES string of the molecule is CC(C=CC1=C(C)CCCC1(C)C)=CC=CC(C)=CCO.CCCC(=O)O. The maximum absolute atomic E-state index is 9.60. The lowest BCUT2D eigenvalue weighted by Crippen LogP contribution is -2.19. The summed E-state index contributed by atoms with van der Waals surface area (Å²) >= 11 is 0. The zero-order chi connectivity index (χ0) is 20.9. The third-order valence-corrected chi connectivity index (χ3v) is 4.65. The van der Waals surface area contributed by atoms with Crippen molar-refractivity contribution in [2.45, 2.75) is 73.6 Å². The van der Waals surface area contributed by atoms with E-state index in [4.69, 9.17) is 10.2 Å². The van der Waals surface area contributed by atoms with Crippen LogP contribution in [-0.4, -0.2) is 22.8 Å². The van der Waals surface area contributed by atoms with Gasteiger partial charge in [0, 0.05) is 6.42 Å². The fourth-order valence-electron chi connectivity index (χ4n) is 3.06. The number of allylic oxidation sites excluding steroid dienone is 9. The Kier molecular flexibility index (Phi) is 12.4. The van der Waals surface area contributed by atoms with Crippen LogP contribution in [0, 0.1) is 5.41 Å². The molecule has 2 N–H and O–H groups in total. The van der Waals surface area contributed by atoms with Crippen molar-refractivity contribution in [3.63, 3.8) is 0 Å². The van der Waals surface area contributed by atoms with Crippen molar-refractivity contribution in [2.75, 3.05) is 6.61 Å². The van der Waals surface area contributed by atoms with Gasteiger partial charge in [0.2, 0.25) is 0 Å². The first-order chi connectivity index (χ1) is 12.6. The Labute approximate surface area is 165 Å². The average Bonchev–Trinajstić information content (AvgIpc) is 2.54. The highest BCUT2D eigenvalue weighted by molar-refractivity contribution is 5.66. The summed E-state index contributed by atoms with van der Waals surface area (Å²) < 4.78 is 0. The van der Waals surface area contributed by atoms with Crippen molar-refractivity contribution < 1.29 is 15.0 Å². The third-order valence-electron chi connectivity index (χ3n) is 4.65. The molecule has 3 nitrogen and oxygen atoms in total. The van der Waals surface area contributed by atoms with E-state index in [9.17, 15) is 4.79 Å². The van der Waals surface area contributed by atoms with Crippen LogP contribution >= 0.6 is 0 Å². The second-order valence-corrected chi connectivity index (χ2v) is 7.81. The molecule has 0 heterocycles. The van der Waals surface area contributed by atoms with Crippen molar-refractivity contribution in [3.8, 4) is 0 Å². The number of aliphatic hydroxyl groups is 1. The number of aliphatic carboxylic acids is 1. The molecule has 1 aliphatic carbocycles. The maximum atomic E-state index is 9.60. The summed E-state index contributed by atoms with van der Waals surface area (Å²) in [6.07, 6.45) is 17.3. The Balaban J connectivity index is 0.000000972. The van der Waals surface area contributed by atoms with Crippen LogP contribution in [0.25, 0.3) is 0 Å². The molecule has 0 saturated heterocycles. The minimum atomic E-state index is -0.711. The number of carbonyl (C=O) groups is 1. The molecule has 0 atom stereocenters. The Morgan fingerprint density at radius 3 is 2.33 bits per heavy atom. The van der Waals surface area contributed by atoms with E-state index in [1.165, 1.54) is 36.0 Å². The predicted octanol–water partition coefficient (Wildman–Crippen LogP) is 6.38. The van der Waals surface area contributed by atoms with E-state index < -0.39 is 5.97 Å². The van der Waals surface area contributed by atoms with Gasteiger partial charge in [0.15, 0.2) is 0 Å². The van der Waals surface area contributed by atoms with Gasteiger partial charge in [-0.25, -0.2) is 0 Å². The first-order valence-corrected chi connectivity index (χ1v) is 9.86. The molecule has 0 spiro atoms. The smallest absolute Gasteiger partial charge is 0.303 e. The van der Waals surface area contributed by atoms with Crippen LogP contribution in [0.15, 0.2) is 58.7 Å². The van der Waals surface area contributed by atoms with Gasteiger partial charge in [-0.05, 0) is 57.4 Å². The van der Waals surface area contributed by atoms with E-state index in [1.54, 1.807) is 6.08 Å². The molecule has 0 aliphatic heterocycles. The number of aliphatic hydroxyl groups excluding tert-OH is 1. The number of carboxylic acids is 1. The molecule has 0 fully saturated rings. The molecule has 0 unspecified atom stereocenters. The Hall–Kier alpha value is -1.87. The standard InChI is InChI=1S/C20H30O.C4H8O2/c1-16(8-6-9-17(2)13-15-21)11-12-19-18(3)10-7-14-20(19,4)5;1-2-3-4(5)6/h6,8-9,11-13,21H,7,10,14-15H2,1-5H3;2-3H2,1H3,(H,5,6). The first kappa shape index (κ1) is 25.1. The fraction of sp³-hybridized carbons (Fsp3) is 0.542. The molecular weight excluding hydrogens is 336 g/mol. The lowest BCUT2D eigenvalue weighted by atomic mass is 9.72. The van der Waals surface area contributed by atoms with Gasteiger partial charge in [0.1, 0.15) is 0 Å². The molecule has 0 aromatic carbocycles. The van der Waals surface area contributed by atoms with Gasteiger partial charge in [0.25, 0.3) is 0 Å².